The van der Waals surface area contributed by atoms with E-state index >= 15 is 0 Å². The number of hydrogen-bond donors (Lipinski definition) is 3. The van der Waals surface area contributed by atoms with E-state index in [4.69, 9.17) is 13.9 Å². The number of carbonyl (C=O) groups is 1. The molecule has 28 heavy (non-hydrogen) atoms. The van der Waals surface area contributed by atoms with Crippen molar-refractivity contribution in [3.63, 3.8) is 0 Å². The molecular formula is C19H19N3O6. The number of H-pyrrole nitrogens is 1. The number of benzene rings is 1. The van der Waals surface area contributed by atoms with Gasteiger partial charge in [0.05, 0.1) is 20.5 Å². The minimum Gasteiger partial charge on any atom is -0.493 e. The Morgan fingerprint density at radius 1 is 1.25 bits per heavy atom. The van der Waals surface area contributed by atoms with E-state index in [9.17, 15) is 14.7 Å². The third kappa shape index (κ3) is 3.98. The summed E-state index contributed by atoms with van der Waals surface area (Å²) in [4.78, 5) is 30.7. The van der Waals surface area contributed by atoms with Gasteiger partial charge in [-0.1, -0.05) is 6.07 Å². The Hall–Kier alpha value is -3.75. The standard InChI is InChI=1S/C19H19N3O6/c1-26-12-6-5-11(10-14(12)27-2)7-8-20-19-21-17(24)15(18(25)22-19)16(23)13-4-3-9-28-13/h3-6,9-10H,7-8H2,1-2H3,(H3,20,21,22,24,25). The second-order valence-electron chi connectivity index (χ2n) is 5.79. The molecule has 9 nitrogen and oxygen atoms in total. The van der Waals surface area contributed by atoms with Crippen LogP contribution in [0.2, 0.25) is 0 Å². The molecule has 0 aliphatic heterocycles. The van der Waals surface area contributed by atoms with Crippen LogP contribution in [0.25, 0.3) is 0 Å². The molecule has 0 amide bonds. The average molecular weight is 385 g/mol. The maximum absolute atomic E-state index is 12.2. The fraction of sp³-hybridized carbons (Fsp3) is 0.211. The zero-order chi connectivity index (χ0) is 20.1. The van der Waals surface area contributed by atoms with Crippen LogP contribution in [0.1, 0.15) is 21.7 Å². The second-order valence-corrected chi connectivity index (χ2v) is 5.79. The fourth-order valence-electron chi connectivity index (χ4n) is 2.64. The average Bonchev–Trinajstić information content (AvgIpc) is 3.22. The molecule has 9 heteroatoms. The summed E-state index contributed by atoms with van der Waals surface area (Å²) < 4.78 is 15.4. The Morgan fingerprint density at radius 2 is 2.04 bits per heavy atom. The minimum absolute atomic E-state index is 0.0546. The van der Waals surface area contributed by atoms with Crippen molar-refractivity contribution in [2.45, 2.75) is 6.42 Å². The third-order valence-corrected chi connectivity index (χ3v) is 4.03. The fourth-order valence-corrected chi connectivity index (χ4v) is 2.64. The number of nitrogens with zero attached hydrogens (tertiary/aromatic N) is 1. The number of ether oxygens (including phenoxy) is 2. The van der Waals surface area contributed by atoms with Crippen LogP contribution >= 0.6 is 0 Å². The Balaban J connectivity index is 1.69. The lowest BCUT2D eigenvalue weighted by molar-refractivity contribution is 0.100. The summed E-state index contributed by atoms with van der Waals surface area (Å²) in [5.74, 6) is -0.167. The highest BCUT2D eigenvalue weighted by Gasteiger charge is 2.22. The molecule has 0 unspecified atom stereocenters. The van der Waals surface area contributed by atoms with E-state index in [1.54, 1.807) is 20.3 Å². The van der Waals surface area contributed by atoms with Crippen LogP contribution in [0.15, 0.2) is 45.8 Å². The highest BCUT2D eigenvalue weighted by Crippen LogP contribution is 2.27. The van der Waals surface area contributed by atoms with Gasteiger partial charge in [-0.05, 0) is 36.2 Å². The van der Waals surface area contributed by atoms with Crippen molar-refractivity contribution < 1.29 is 23.8 Å². The molecule has 0 saturated heterocycles. The number of aromatic hydroxyl groups is 1. The molecule has 3 aromatic rings. The maximum Gasteiger partial charge on any atom is 0.267 e. The van der Waals surface area contributed by atoms with Crippen LogP contribution in [0.5, 0.6) is 17.4 Å². The van der Waals surface area contributed by atoms with E-state index in [0.29, 0.717) is 24.5 Å². The van der Waals surface area contributed by atoms with Crippen LogP contribution in [-0.2, 0) is 6.42 Å². The van der Waals surface area contributed by atoms with Gasteiger partial charge in [0.1, 0.15) is 0 Å². The molecule has 0 saturated carbocycles. The van der Waals surface area contributed by atoms with E-state index in [1.165, 1.54) is 18.4 Å². The summed E-state index contributed by atoms with van der Waals surface area (Å²) in [5.41, 5.74) is -0.260. The predicted molar refractivity (Wildman–Crippen MR) is 100 cm³/mol. The number of nitrogens with one attached hydrogen (secondary N) is 2. The molecule has 3 rings (SSSR count). The Morgan fingerprint density at radius 3 is 2.68 bits per heavy atom. The molecule has 0 aliphatic rings. The number of anilines is 1. The molecule has 2 aromatic heterocycles. The Bertz CT molecular complexity index is 1030. The summed E-state index contributed by atoms with van der Waals surface area (Å²) >= 11 is 0. The molecular weight excluding hydrogens is 366 g/mol. The van der Waals surface area contributed by atoms with Gasteiger partial charge < -0.3 is 24.3 Å². The topological polar surface area (TPSA) is 127 Å². The van der Waals surface area contributed by atoms with E-state index in [0.717, 1.165) is 5.56 Å². The molecule has 0 fully saturated rings. The van der Waals surface area contributed by atoms with Crippen LogP contribution in [0, 0.1) is 0 Å². The number of aromatic amines is 1. The SMILES string of the molecule is COc1ccc(CCNc2nc(O)c(C(=O)c3ccco3)c(=O)[nH]2)cc1OC. The molecule has 0 atom stereocenters. The normalized spacial score (nSPS) is 10.5. The highest BCUT2D eigenvalue weighted by molar-refractivity contribution is 6.08. The quantitative estimate of drug-likeness (QED) is 0.502. The first kappa shape index (κ1) is 19.0. The minimum atomic E-state index is -0.762. The van der Waals surface area contributed by atoms with Crippen LogP contribution in [-0.4, -0.2) is 41.6 Å². The molecule has 0 spiro atoms. The highest BCUT2D eigenvalue weighted by atomic mass is 16.5. The molecule has 0 radical (unpaired) electrons. The zero-order valence-electron chi connectivity index (χ0n) is 15.3. The van der Waals surface area contributed by atoms with Gasteiger partial charge in [0.2, 0.25) is 17.6 Å². The van der Waals surface area contributed by atoms with Gasteiger partial charge in [0, 0.05) is 6.54 Å². The smallest absolute Gasteiger partial charge is 0.267 e. The lowest BCUT2D eigenvalue weighted by Crippen LogP contribution is -2.22. The number of carbonyl (C=O) groups excluding carboxylic acids is 1. The monoisotopic (exact) mass is 385 g/mol. The maximum atomic E-state index is 12.2. The third-order valence-electron chi connectivity index (χ3n) is 4.03. The number of methoxy groups -OCH3 is 2. The van der Waals surface area contributed by atoms with Crippen molar-refractivity contribution in [3.05, 3.63) is 63.8 Å². The van der Waals surface area contributed by atoms with E-state index < -0.39 is 22.8 Å². The van der Waals surface area contributed by atoms with Gasteiger partial charge in [-0.2, -0.15) is 4.98 Å². The molecule has 1 aromatic carbocycles. The first-order valence-electron chi connectivity index (χ1n) is 8.39. The zero-order valence-corrected chi connectivity index (χ0v) is 15.3. The van der Waals surface area contributed by atoms with Gasteiger partial charge in [-0.3, -0.25) is 14.6 Å². The summed E-state index contributed by atoms with van der Waals surface area (Å²) in [7, 11) is 3.12. The van der Waals surface area contributed by atoms with Gasteiger partial charge in [0.25, 0.3) is 5.56 Å². The Labute approximate surface area is 159 Å². The van der Waals surface area contributed by atoms with E-state index in [-0.39, 0.29) is 11.7 Å². The number of aromatic nitrogens is 2. The van der Waals surface area contributed by atoms with Crippen molar-refractivity contribution in [1.29, 1.82) is 0 Å². The lowest BCUT2D eigenvalue weighted by atomic mass is 10.1. The summed E-state index contributed by atoms with van der Waals surface area (Å²) in [6.45, 7) is 0.420. The second kappa shape index (κ2) is 8.30. The van der Waals surface area contributed by atoms with E-state index in [1.807, 2.05) is 12.1 Å². The Kier molecular flexibility index (Phi) is 5.64. The van der Waals surface area contributed by atoms with Crippen molar-refractivity contribution >= 4 is 11.7 Å². The van der Waals surface area contributed by atoms with Crippen molar-refractivity contribution in [3.8, 4) is 17.4 Å². The number of furan rings is 1. The van der Waals surface area contributed by atoms with Gasteiger partial charge in [0.15, 0.2) is 22.8 Å². The van der Waals surface area contributed by atoms with Crippen molar-refractivity contribution in [1.82, 2.24) is 9.97 Å². The molecule has 3 N–H and O–H groups in total. The van der Waals surface area contributed by atoms with Crippen molar-refractivity contribution in [2.24, 2.45) is 0 Å². The van der Waals surface area contributed by atoms with Crippen LogP contribution < -0.4 is 20.3 Å². The largest absolute Gasteiger partial charge is 0.493 e. The van der Waals surface area contributed by atoms with Crippen LogP contribution in [0.3, 0.4) is 0 Å². The molecule has 0 aliphatic carbocycles. The van der Waals surface area contributed by atoms with Gasteiger partial charge in [-0.15, -0.1) is 0 Å². The summed E-state index contributed by atoms with van der Waals surface area (Å²) in [5, 5.41) is 12.9. The molecule has 146 valence electrons. The van der Waals surface area contributed by atoms with Crippen LogP contribution in [0.4, 0.5) is 5.95 Å². The van der Waals surface area contributed by atoms with Gasteiger partial charge in [-0.25, -0.2) is 0 Å². The lowest BCUT2D eigenvalue weighted by Gasteiger charge is -2.10. The first-order chi connectivity index (χ1) is 13.5. The summed E-state index contributed by atoms with van der Waals surface area (Å²) in [6, 6.07) is 8.45. The van der Waals surface area contributed by atoms with E-state index in [2.05, 4.69) is 15.3 Å². The van der Waals surface area contributed by atoms with Gasteiger partial charge >= 0.3 is 0 Å². The first-order valence-corrected chi connectivity index (χ1v) is 8.39. The van der Waals surface area contributed by atoms with Crippen molar-refractivity contribution in [2.75, 3.05) is 26.1 Å². The molecule has 0 bridgehead atoms. The summed E-state index contributed by atoms with van der Waals surface area (Å²) in [6.07, 6.45) is 1.90. The number of ketones is 1. The predicted octanol–water partition coefficient (Wildman–Crippen LogP) is 1.97. The molecule has 2 heterocycles. The number of hydrogen-bond acceptors (Lipinski definition) is 8. The number of rotatable bonds is 8.